The van der Waals surface area contributed by atoms with Crippen LogP contribution in [0.25, 0.3) is 0 Å². The van der Waals surface area contributed by atoms with Gasteiger partial charge in [-0.15, -0.1) is 0 Å². The summed E-state index contributed by atoms with van der Waals surface area (Å²) >= 11 is 0. The quantitative estimate of drug-likeness (QED) is 0.551. The van der Waals surface area contributed by atoms with Gasteiger partial charge in [0.2, 0.25) is 0 Å². The Kier molecular flexibility index (Phi) is 3.50. The molecule has 1 rings (SSSR count). The van der Waals surface area contributed by atoms with Gasteiger partial charge in [-0.25, -0.2) is 0 Å². The van der Waals surface area contributed by atoms with Gasteiger partial charge < -0.3 is 15.7 Å². The SMILES string of the molecule is CCC(O)(CC)CNC1CNC1. The molecule has 3 nitrogen and oxygen atoms in total. The second-order valence-corrected chi connectivity index (χ2v) is 3.67. The number of rotatable bonds is 5. The first kappa shape index (κ1) is 9.96. The van der Waals surface area contributed by atoms with E-state index in [0.29, 0.717) is 6.04 Å². The number of aliphatic hydroxyl groups is 1. The molecule has 1 fully saturated rings. The molecular weight excluding hydrogens is 152 g/mol. The molecule has 1 saturated heterocycles. The fourth-order valence-electron chi connectivity index (χ4n) is 1.27. The van der Waals surface area contributed by atoms with Gasteiger partial charge in [0.15, 0.2) is 0 Å². The summed E-state index contributed by atoms with van der Waals surface area (Å²) < 4.78 is 0. The monoisotopic (exact) mass is 172 g/mol. The molecule has 1 aliphatic heterocycles. The minimum absolute atomic E-state index is 0.490. The molecule has 0 spiro atoms. The van der Waals surface area contributed by atoms with Crippen molar-refractivity contribution in [1.82, 2.24) is 10.6 Å². The van der Waals surface area contributed by atoms with E-state index in [0.717, 1.165) is 32.5 Å². The second-order valence-electron chi connectivity index (χ2n) is 3.67. The van der Waals surface area contributed by atoms with Gasteiger partial charge >= 0.3 is 0 Å². The van der Waals surface area contributed by atoms with Crippen LogP contribution in [0.5, 0.6) is 0 Å². The lowest BCUT2D eigenvalue weighted by atomic mass is 9.97. The average Bonchev–Trinajstić information content (AvgIpc) is 2.01. The molecule has 1 aliphatic rings. The maximum atomic E-state index is 9.91. The van der Waals surface area contributed by atoms with Gasteiger partial charge in [-0.3, -0.25) is 0 Å². The molecule has 0 saturated carbocycles. The second kappa shape index (κ2) is 4.21. The molecule has 12 heavy (non-hydrogen) atoms. The van der Waals surface area contributed by atoms with Crippen LogP contribution in [-0.4, -0.2) is 36.4 Å². The lowest BCUT2D eigenvalue weighted by molar-refractivity contribution is 0.0281. The molecule has 0 atom stereocenters. The van der Waals surface area contributed by atoms with E-state index in [2.05, 4.69) is 10.6 Å². The summed E-state index contributed by atoms with van der Waals surface area (Å²) in [6.07, 6.45) is 1.66. The predicted molar refractivity (Wildman–Crippen MR) is 50.2 cm³/mol. The highest BCUT2D eigenvalue weighted by Gasteiger charge is 2.24. The maximum Gasteiger partial charge on any atom is 0.0766 e. The predicted octanol–water partition coefficient (Wildman–Crippen LogP) is 0.0989. The number of hydrogen-bond donors (Lipinski definition) is 3. The Hall–Kier alpha value is -0.120. The highest BCUT2D eigenvalue weighted by atomic mass is 16.3. The van der Waals surface area contributed by atoms with E-state index in [1.165, 1.54) is 0 Å². The third-order valence-corrected chi connectivity index (χ3v) is 2.82. The Morgan fingerprint density at radius 3 is 2.33 bits per heavy atom. The standard InChI is InChI=1S/C9H20N2O/c1-3-9(12,4-2)7-11-8-5-10-6-8/h8,10-12H,3-7H2,1-2H3. The Bertz CT molecular complexity index is 130. The molecule has 0 aromatic rings. The molecule has 72 valence electrons. The van der Waals surface area contributed by atoms with E-state index < -0.39 is 5.60 Å². The van der Waals surface area contributed by atoms with Crippen molar-refractivity contribution in [3.63, 3.8) is 0 Å². The van der Waals surface area contributed by atoms with Crippen molar-refractivity contribution in [3.8, 4) is 0 Å². The summed E-state index contributed by atoms with van der Waals surface area (Å²) in [4.78, 5) is 0. The highest BCUT2D eigenvalue weighted by molar-refractivity contribution is 4.86. The lowest BCUT2D eigenvalue weighted by Crippen LogP contribution is -2.58. The van der Waals surface area contributed by atoms with Crippen LogP contribution in [0.2, 0.25) is 0 Å². The van der Waals surface area contributed by atoms with E-state index in [1.807, 2.05) is 13.8 Å². The zero-order valence-corrected chi connectivity index (χ0v) is 8.06. The summed E-state index contributed by atoms with van der Waals surface area (Å²) in [5.74, 6) is 0. The molecule has 0 aromatic heterocycles. The van der Waals surface area contributed by atoms with E-state index in [9.17, 15) is 5.11 Å². The van der Waals surface area contributed by atoms with Gasteiger partial charge in [-0.2, -0.15) is 0 Å². The first-order valence-electron chi connectivity index (χ1n) is 4.86. The molecule has 0 bridgehead atoms. The Labute approximate surface area is 74.5 Å². The van der Waals surface area contributed by atoms with E-state index in [-0.39, 0.29) is 0 Å². The molecule has 0 radical (unpaired) electrons. The van der Waals surface area contributed by atoms with Crippen LogP contribution < -0.4 is 10.6 Å². The summed E-state index contributed by atoms with van der Waals surface area (Å²) in [6.45, 7) is 6.88. The van der Waals surface area contributed by atoms with Crippen LogP contribution in [0.3, 0.4) is 0 Å². The lowest BCUT2D eigenvalue weighted by Gasteiger charge is -2.33. The van der Waals surface area contributed by atoms with Crippen molar-refractivity contribution in [3.05, 3.63) is 0 Å². The van der Waals surface area contributed by atoms with Gasteiger partial charge in [0.1, 0.15) is 0 Å². The van der Waals surface area contributed by atoms with Crippen LogP contribution in [0.1, 0.15) is 26.7 Å². The molecular formula is C9H20N2O. The summed E-state index contributed by atoms with van der Waals surface area (Å²) in [7, 11) is 0. The third kappa shape index (κ3) is 2.44. The maximum absolute atomic E-state index is 9.91. The van der Waals surface area contributed by atoms with Gasteiger partial charge in [0.05, 0.1) is 5.60 Å². The smallest absolute Gasteiger partial charge is 0.0766 e. The van der Waals surface area contributed by atoms with Gasteiger partial charge in [0, 0.05) is 25.7 Å². The molecule has 0 unspecified atom stereocenters. The van der Waals surface area contributed by atoms with Crippen molar-refractivity contribution < 1.29 is 5.11 Å². The zero-order chi connectivity index (χ0) is 9.03. The van der Waals surface area contributed by atoms with E-state index in [1.54, 1.807) is 0 Å². The van der Waals surface area contributed by atoms with Crippen molar-refractivity contribution in [2.24, 2.45) is 0 Å². The van der Waals surface area contributed by atoms with Gasteiger partial charge in [-0.05, 0) is 12.8 Å². The van der Waals surface area contributed by atoms with Crippen LogP contribution in [0.15, 0.2) is 0 Å². The number of hydrogen-bond acceptors (Lipinski definition) is 3. The van der Waals surface area contributed by atoms with E-state index in [4.69, 9.17) is 0 Å². The van der Waals surface area contributed by atoms with Crippen LogP contribution in [0, 0.1) is 0 Å². The Morgan fingerprint density at radius 2 is 2.00 bits per heavy atom. The number of nitrogens with one attached hydrogen (secondary N) is 2. The molecule has 3 heteroatoms. The van der Waals surface area contributed by atoms with Gasteiger partial charge in [-0.1, -0.05) is 13.8 Å². The zero-order valence-electron chi connectivity index (χ0n) is 8.06. The van der Waals surface area contributed by atoms with Crippen molar-refractivity contribution in [2.45, 2.75) is 38.3 Å². The van der Waals surface area contributed by atoms with Crippen LogP contribution in [0.4, 0.5) is 0 Å². The average molecular weight is 172 g/mol. The third-order valence-electron chi connectivity index (χ3n) is 2.82. The summed E-state index contributed by atoms with van der Waals surface area (Å²) in [5.41, 5.74) is -0.490. The fourth-order valence-corrected chi connectivity index (χ4v) is 1.27. The normalized spacial score (nSPS) is 19.2. The Balaban J connectivity index is 2.17. The molecule has 0 aromatic carbocycles. The fraction of sp³-hybridized carbons (Fsp3) is 1.00. The minimum Gasteiger partial charge on any atom is -0.389 e. The molecule has 1 heterocycles. The van der Waals surface area contributed by atoms with Crippen molar-refractivity contribution in [1.29, 1.82) is 0 Å². The van der Waals surface area contributed by atoms with Gasteiger partial charge in [0.25, 0.3) is 0 Å². The topological polar surface area (TPSA) is 44.3 Å². The molecule has 0 aliphatic carbocycles. The Morgan fingerprint density at radius 1 is 1.42 bits per heavy atom. The van der Waals surface area contributed by atoms with Crippen molar-refractivity contribution in [2.75, 3.05) is 19.6 Å². The summed E-state index contributed by atoms with van der Waals surface area (Å²) in [6, 6.07) is 0.578. The largest absolute Gasteiger partial charge is 0.389 e. The molecule has 3 N–H and O–H groups in total. The molecule has 0 amide bonds. The first-order valence-corrected chi connectivity index (χ1v) is 4.86. The highest BCUT2D eigenvalue weighted by Crippen LogP contribution is 2.13. The minimum atomic E-state index is -0.490. The van der Waals surface area contributed by atoms with Crippen molar-refractivity contribution >= 4 is 0 Å². The summed E-state index contributed by atoms with van der Waals surface area (Å²) in [5, 5.41) is 16.5. The first-order chi connectivity index (χ1) is 5.70. The van der Waals surface area contributed by atoms with E-state index >= 15 is 0 Å². The van der Waals surface area contributed by atoms with Crippen LogP contribution in [-0.2, 0) is 0 Å². The van der Waals surface area contributed by atoms with Crippen LogP contribution >= 0.6 is 0 Å².